The highest BCUT2D eigenvalue weighted by Gasteiger charge is 1.84. The van der Waals surface area contributed by atoms with Gasteiger partial charge in [-0.2, -0.15) is 0 Å². The van der Waals surface area contributed by atoms with E-state index in [0.717, 1.165) is 18.4 Å². The average molecular weight is 170 g/mol. The van der Waals surface area contributed by atoms with E-state index in [2.05, 4.69) is 24.5 Å². The second-order valence-electron chi connectivity index (χ2n) is 1.35. The lowest BCUT2D eigenvalue weighted by Crippen LogP contribution is -1.90. The fraction of sp³-hybridized carbons (Fsp3) is 0. The van der Waals surface area contributed by atoms with Crippen LogP contribution in [-0.4, -0.2) is 17.0 Å². The zero-order valence-electron chi connectivity index (χ0n) is 6.53. The number of carboxylic acids is 1. The number of carbonyl (C=O) groups is 2. The van der Waals surface area contributed by atoms with Crippen LogP contribution in [0, 0.1) is 0 Å². The predicted octanol–water partition coefficient (Wildman–Crippen LogP) is 1.12. The maximum Gasteiger partial charge on any atom is 0.334 e. The van der Waals surface area contributed by atoms with Crippen molar-refractivity contribution in [3.05, 3.63) is 38.2 Å². The van der Waals surface area contributed by atoms with Crippen LogP contribution in [0.2, 0.25) is 0 Å². The Morgan fingerprint density at radius 2 is 1.58 bits per heavy atom. The van der Waals surface area contributed by atoms with Gasteiger partial charge in [-0.3, -0.25) is 0 Å². The van der Waals surface area contributed by atoms with Gasteiger partial charge in [-0.1, -0.05) is 19.7 Å². The molecule has 0 aromatic rings. The summed E-state index contributed by atoms with van der Waals surface area (Å²) in [6.45, 7) is 9.28. The van der Waals surface area contributed by atoms with Crippen LogP contribution in [0.5, 0.6) is 0 Å². The molecule has 0 aliphatic carbocycles. The molecule has 66 valence electrons. The highest BCUT2D eigenvalue weighted by atomic mass is 16.5. The van der Waals surface area contributed by atoms with Crippen LogP contribution in [0.4, 0.5) is 0 Å². The molecule has 0 bridgehead atoms. The van der Waals surface area contributed by atoms with E-state index < -0.39 is 11.9 Å². The van der Waals surface area contributed by atoms with Crippen LogP contribution in [-0.2, 0) is 14.3 Å². The number of rotatable bonds is 3. The Hall–Kier alpha value is -1.84. The van der Waals surface area contributed by atoms with Crippen molar-refractivity contribution in [3.8, 4) is 0 Å². The molecule has 0 atom stereocenters. The third-order valence-electron chi connectivity index (χ3n) is 0.541. The molecule has 0 heterocycles. The molecule has 0 radical (unpaired) electrons. The lowest BCUT2D eigenvalue weighted by Gasteiger charge is -1.85. The second kappa shape index (κ2) is 9.16. The molecule has 0 amide bonds. The van der Waals surface area contributed by atoms with Gasteiger partial charge in [0.1, 0.15) is 0 Å². The van der Waals surface area contributed by atoms with Crippen LogP contribution < -0.4 is 0 Å². The maximum absolute atomic E-state index is 10.0. The molecule has 0 unspecified atom stereocenters. The summed E-state index contributed by atoms with van der Waals surface area (Å²) < 4.78 is 4.20. The molecule has 4 nitrogen and oxygen atoms in total. The zero-order chi connectivity index (χ0) is 9.98. The summed E-state index contributed by atoms with van der Waals surface area (Å²) in [5, 5.41) is 7.60. The van der Waals surface area contributed by atoms with Crippen molar-refractivity contribution in [2.45, 2.75) is 0 Å². The highest BCUT2D eigenvalue weighted by molar-refractivity contribution is 5.81. The monoisotopic (exact) mass is 170 g/mol. The molecule has 0 fully saturated rings. The third kappa shape index (κ3) is 15.7. The summed E-state index contributed by atoms with van der Waals surface area (Å²) in [7, 11) is 0. The lowest BCUT2D eigenvalue weighted by molar-refractivity contribution is -0.132. The quantitative estimate of drug-likeness (QED) is 0.391. The number of aliphatic carboxylic acids is 1. The summed E-state index contributed by atoms with van der Waals surface area (Å²) in [5.41, 5.74) is 0. The van der Waals surface area contributed by atoms with Crippen LogP contribution in [0.1, 0.15) is 0 Å². The minimum absolute atomic E-state index is 0.477. The topological polar surface area (TPSA) is 63.6 Å². The molecule has 0 rings (SSSR count). The number of hydrogen-bond acceptors (Lipinski definition) is 3. The summed E-state index contributed by atoms with van der Waals surface area (Å²) >= 11 is 0. The van der Waals surface area contributed by atoms with E-state index in [0.29, 0.717) is 0 Å². The van der Waals surface area contributed by atoms with E-state index in [1.54, 1.807) is 0 Å². The van der Waals surface area contributed by atoms with Gasteiger partial charge in [0.2, 0.25) is 0 Å². The summed E-state index contributed by atoms with van der Waals surface area (Å²) in [6, 6.07) is 0. The molecule has 0 saturated carbocycles. The molecule has 1 N–H and O–H groups in total. The predicted molar refractivity (Wildman–Crippen MR) is 44.3 cm³/mol. The van der Waals surface area contributed by atoms with Gasteiger partial charge in [-0.25, -0.2) is 9.59 Å². The van der Waals surface area contributed by atoms with Gasteiger partial charge in [0.25, 0.3) is 0 Å². The van der Waals surface area contributed by atoms with Crippen molar-refractivity contribution >= 4 is 11.9 Å². The minimum atomic E-state index is -0.981. The van der Waals surface area contributed by atoms with Crippen LogP contribution in [0.3, 0.4) is 0 Å². The first-order chi connectivity index (χ1) is 5.58. The smallest absolute Gasteiger partial charge is 0.334 e. The molecular weight excluding hydrogens is 160 g/mol. The van der Waals surface area contributed by atoms with E-state index in [1.807, 2.05) is 0 Å². The van der Waals surface area contributed by atoms with Gasteiger partial charge in [-0.15, -0.1) is 0 Å². The third-order valence-corrected chi connectivity index (χ3v) is 0.541. The number of ether oxygens (including phenoxy) is 1. The fourth-order valence-corrected chi connectivity index (χ4v) is 0.130. The molecule has 0 aliphatic heterocycles. The largest absolute Gasteiger partial charge is 0.478 e. The maximum atomic E-state index is 10.0. The number of esters is 1. The van der Waals surface area contributed by atoms with E-state index in [-0.39, 0.29) is 0 Å². The van der Waals surface area contributed by atoms with Gasteiger partial charge in [0.15, 0.2) is 0 Å². The first-order valence-electron chi connectivity index (χ1n) is 2.87. The van der Waals surface area contributed by atoms with Crippen LogP contribution in [0.25, 0.3) is 0 Å². The van der Waals surface area contributed by atoms with Crippen molar-refractivity contribution in [1.82, 2.24) is 0 Å². The Labute approximate surface area is 70.5 Å². The van der Waals surface area contributed by atoms with Gasteiger partial charge >= 0.3 is 11.9 Å². The molecule has 0 spiro atoms. The van der Waals surface area contributed by atoms with Gasteiger partial charge in [0, 0.05) is 12.2 Å². The van der Waals surface area contributed by atoms with E-state index in [9.17, 15) is 9.59 Å². The van der Waals surface area contributed by atoms with Crippen molar-refractivity contribution < 1.29 is 19.4 Å². The number of carbonyl (C=O) groups excluding carboxylic acids is 1. The fourth-order valence-electron chi connectivity index (χ4n) is 0.130. The molecule has 0 saturated heterocycles. The van der Waals surface area contributed by atoms with Gasteiger partial charge in [0.05, 0.1) is 6.26 Å². The molecule has 4 heteroatoms. The standard InChI is InChI=1S/C5H6O2.C3H4O2/c1-3-5(6)7-4-2;1-2-3(4)5/h3-4H,1-2H2;2H,1H2,(H,4,5). The van der Waals surface area contributed by atoms with Crippen molar-refractivity contribution in [3.63, 3.8) is 0 Å². The van der Waals surface area contributed by atoms with Crippen molar-refractivity contribution in [2.75, 3.05) is 0 Å². The van der Waals surface area contributed by atoms with Gasteiger partial charge in [-0.05, 0) is 0 Å². The molecule has 0 aliphatic rings. The Kier molecular flexibility index (Phi) is 9.77. The van der Waals surface area contributed by atoms with Crippen molar-refractivity contribution in [2.24, 2.45) is 0 Å². The molecule has 0 aromatic heterocycles. The molecule has 12 heavy (non-hydrogen) atoms. The SMILES string of the molecule is C=CC(=O)O.C=COC(=O)C=C. The Morgan fingerprint density at radius 1 is 1.17 bits per heavy atom. The Balaban J connectivity index is 0. The van der Waals surface area contributed by atoms with Crippen LogP contribution in [0.15, 0.2) is 38.2 Å². The summed E-state index contributed by atoms with van der Waals surface area (Å²) in [4.78, 5) is 19.3. The first kappa shape index (κ1) is 12.8. The summed E-state index contributed by atoms with van der Waals surface area (Å²) in [5.74, 6) is -1.46. The van der Waals surface area contributed by atoms with Gasteiger partial charge < -0.3 is 9.84 Å². The number of hydrogen-bond donors (Lipinski definition) is 1. The lowest BCUT2D eigenvalue weighted by atomic mass is 10.7. The second-order valence-corrected chi connectivity index (χ2v) is 1.35. The Morgan fingerprint density at radius 3 is 1.67 bits per heavy atom. The molecule has 0 aromatic carbocycles. The van der Waals surface area contributed by atoms with E-state index in [4.69, 9.17) is 5.11 Å². The average Bonchev–Trinajstić information content (AvgIpc) is 2.06. The summed E-state index contributed by atoms with van der Waals surface area (Å²) in [6.07, 6.45) is 2.96. The Bertz CT molecular complexity index is 193. The highest BCUT2D eigenvalue weighted by Crippen LogP contribution is 1.75. The number of carboxylic acid groups (broad SMARTS) is 1. The normalized spacial score (nSPS) is 6.67. The van der Waals surface area contributed by atoms with Crippen LogP contribution >= 0.6 is 0 Å². The minimum Gasteiger partial charge on any atom is -0.478 e. The van der Waals surface area contributed by atoms with Crippen molar-refractivity contribution in [1.29, 1.82) is 0 Å². The van der Waals surface area contributed by atoms with E-state index >= 15 is 0 Å². The molecular formula is C8H10O4. The zero-order valence-corrected chi connectivity index (χ0v) is 6.53. The first-order valence-corrected chi connectivity index (χ1v) is 2.87. The van der Waals surface area contributed by atoms with E-state index in [1.165, 1.54) is 0 Å².